The lowest BCUT2D eigenvalue weighted by Crippen LogP contribution is -2.05. The van der Waals surface area contributed by atoms with Gasteiger partial charge in [-0.2, -0.15) is 0 Å². The zero-order chi connectivity index (χ0) is 21.0. The van der Waals surface area contributed by atoms with Gasteiger partial charge in [-0.1, -0.05) is 30.3 Å². The van der Waals surface area contributed by atoms with E-state index in [1.165, 1.54) is 25.3 Å². The second kappa shape index (κ2) is 8.93. The Morgan fingerprint density at radius 2 is 2.03 bits per heavy atom. The lowest BCUT2D eigenvalue weighted by Gasteiger charge is -2.12. The van der Waals surface area contributed by atoms with Crippen LogP contribution in [-0.4, -0.2) is 28.6 Å². The van der Waals surface area contributed by atoms with Crippen molar-refractivity contribution in [2.24, 2.45) is 0 Å². The Hall–Kier alpha value is -3.10. The van der Waals surface area contributed by atoms with E-state index in [4.69, 9.17) is 32.7 Å². The summed E-state index contributed by atoms with van der Waals surface area (Å²) in [6.45, 7) is 4.02. The first-order valence-corrected chi connectivity index (χ1v) is 9.14. The van der Waals surface area contributed by atoms with Gasteiger partial charge in [-0.15, -0.1) is 0 Å². The number of rotatable bonds is 8. The summed E-state index contributed by atoms with van der Waals surface area (Å²) in [6.07, 6.45) is 1.49. The molecule has 150 valence electrons. The average Bonchev–Trinajstić information content (AvgIpc) is 2.69. The minimum Gasteiger partial charge on any atom is -0.495 e. The molecule has 0 amide bonds. The molecule has 0 aliphatic carbocycles. The standard InChI is InChI=1S/C19H16Cl2N4O4/c1-3-6-29-17-9-14-12(8-15(17)25(26)27)18(24-19(21)23-14)22-10-11-4-5-16(28-2)13(20)7-11/h3-5,7-9H,1,6,10H2,2H3,(H,22,23,24). The molecule has 29 heavy (non-hydrogen) atoms. The maximum Gasteiger partial charge on any atom is 0.311 e. The van der Waals surface area contributed by atoms with Gasteiger partial charge in [0.25, 0.3) is 0 Å². The van der Waals surface area contributed by atoms with Gasteiger partial charge in [0.15, 0.2) is 5.75 Å². The van der Waals surface area contributed by atoms with Crippen LogP contribution in [0.5, 0.6) is 11.5 Å². The molecule has 1 aromatic heterocycles. The molecule has 0 atom stereocenters. The molecular formula is C19H16Cl2N4O4. The number of nitro groups is 1. The van der Waals surface area contributed by atoms with Crippen molar-refractivity contribution in [3.8, 4) is 11.5 Å². The number of halogens is 2. The van der Waals surface area contributed by atoms with E-state index >= 15 is 0 Å². The fraction of sp³-hybridized carbons (Fsp3) is 0.158. The summed E-state index contributed by atoms with van der Waals surface area (Å²) in [4.78, 5) is 19.3. The van der Waals surface area contributed by atoms with Crippen LogP contribution in [0.2, 0.25) is 10.3 Å². The number of fused-ring (bicyclic) bond motifs is 1. The van der Waals surface area contributed by atoms with Gasteiger partial charge in [-0.25, -0.2) is 9.97 Å². The van der Waals surface area contributed by atoms with Gasteiger partial charge in [0.05, 0.1) is 22.6 Å². The molecule has 3 rings (SSSR count). The predicted molar refractivity (Wildman–Crippen MR) is 112 cm³/mol. The van der Waals surface area contributed by atoms with E-state index in [0.29, 0.717) is 34.0 Å². The van der Waals surface area contributed by atoms with Crippen molar-refractivity contribution in [3.63, 3.8) is 0 Å². The molecule has 0 radical (unpaired) electrons. The van der Waals surface area contributed by atoms with E-state index in [2.05, 4.69) is 21.9 Å². The van der Waals surface area contributed by atoms with Crippen molar-refractivity contribution in [1.29, 1.82) is 0 Å². The summed E-state index contributed by atoms with van der Waals surface area (Å²) < 4.78 is 10.5. The number of benzene rings is 2. The molecule has 1 heterocycles. The van der Waals surface area contributed by atoms with Crippen LogP contribution >= 0.6 is 23.2 Å². The highest BCUT2D eigenvalue weighted by atomic mass is 35.5. The molecule has 3 aromatic rings. The number of nitro benzene ring substituents is 1. The zero-order valence-electron chi connectivity index (χ0n) is 15.3. The van der Waals surface area contributed by atoms with Crippen molar-refractivity contribution in [2.75, 3.05) is 19.0 Å². The van der Waals surface area contributed by atoms with E-state index in [0.717, 1.165) is 5.56 Å². The summed E-state index contributed by atoms with van der Waals surface area (Å²) in [5.41, 5.74) is 1.06. The third kappa shape index (κ3) is 4.67. The average molecular weight is 435 g/mol. The Morgan fingerprint density at radius 1 is 1.24 bits per heavy atom. The predicted octanol–water partition coefficient (Wildman–Crippen LogP) is 5.03. The lowest BCUT2D eigenvalue weighted by molar-refractivity contribution is -0.385. The number of aromatic nitrogens is 2. The normalized spacial score (nSPS) is 10.6. The molecule has 0 bridgehead atoms. The maximum atomic E-state index is 11.5. The number of anilines is 1. The molecule has 0 unspecified atom stereocenters. The van der Waals surface area contributed by atoms with Crippen molar-refractivity contribution >= 4 is 45.6 Å². The number of hydrogen-bond acceptors (Lipinski definition) is 7. The number of nitrogens with one attached hydrogen (secondary N) is 1. The van der Waals surface area contributed by atoms with Gasteiger partial charge in [0.2, 0.25) is 5.28 Å². The van der Waals surface area contributed by atoms with Crippen LogP contribution in [0.1, 0.15) is 5.56 Å². The van der Waals surface area contributed by atoms with Gasteiger partial charge >= 0.3 is 5.69 Å². The molecule has 8 nitrogen and oxygen atoms in total. The molecule has 0 aliphatic rings. The molecule has 0 aliphatic heterocycles. The molecule has 0 fully saturated rings. The van der Waals surface area contributed by atoms with Gasteiger partial charge in [-0.05, 0) is 29.3 Å². The van der Waals surface area contributed by atoms with E-state index in [1.54, 1.807) is 12.1 Å². The second-order valence-electron chi connectivity index (χ2n) is 5.86. The summed E-state index contributed by atoms with van der Waals surface area (Å²) in [6, 6.07) is 8.15. The fourth-order valence-corrected chi connectivity index (χ4v) is 3.12. The fourth-order valence-electron chi connectivity index (χ4n) is 2.66. The molecule has 1 N–H and O–H groups in total. The van der Waals surface area contributed by atoms with E-state index in [-0.39, 0.29) is 23.3 Å². The highest BCUT2D eigenvalue weighted by molar-refractivity contribution is 6.32. The van der Waals surface area contributed by atoms with Crippen LogP contribution in [-0.2, 0) is 6.54 Å². The lowest BCUT2D eigenvalue weighted by atomic mass is 10.1. The number of hydrogen-bond donors (Lipinski definition) is 1. The van der Waals surface area contributed by atoms with Gasteiger partial charge in [0, 0.05) is 24.1 Å². The van der Waals surface area contributed by atoms with E-state index in [1.807, 2.05) is 6.07 Å². The van der Waals surface area contributed by atoms with Crippen LogP contribution in [0.25, 0.3) is 10.9 Å². The summed E-state index contributed by atoms with van der Waals surface area (Å²) in [5.74, 6) is 0.990. The molecule has 0 spiro atoms. The molecule has 10 heteroatoms. The van der Waals surface area contributed by atoms with Crippen LogP contribution in [0.15, 0.2) is 43.0 Å². The van der Waals surface area contributed by atoms with Crippen LogP contribution in [0, 0.1) is 10.1 Å². The third-order valence-electron chi connectivity index (χ3n) is 3.98. The molecular weight excluding hydrogens is 419 g/mol. The Bertz CT molecular complexity index is 1090. The van der Waals surface area contributed by atoms with Crippen LogP contribution in [0.3, 0.4) is 0 Å². The molecule has 0 saturated carbocycles. The summed E-state index contributed by atoms with van der Waals surface area (Å²) in [7, 11) is 1.54. The monoisotopic (exact) mass is 434 g/mol. The Kier molecular flexibility index (Phi) is 6.36. The smallest absolute Gasteiger partial charge is 0.311 e. The van der Waals surface area contributed by atoms with Crippen molar-refractivity contribution in [1.82, 2.24) is 9.97 Å². The minimum atomic E-state index is -0.528. The number of nitrogens with zero attached hydrogens (tertiary/aromatic N) is 3. The van der Waals surface area contributed by atoms with Crippen LogP contribution in [0.4, 0.5) is 11.5 Å². The van der Waals surface area contributed by atoms with Crippen molar-refractivity contribution < 1.29 is 14.4 Å². The van der Waals surface area contributed by atoms with Gasteiger partial charge in [-0.3, -0.25) is 10.1 Å². The summed E-state index contributed by atoms with van der Waals surface area (Å²) in [5, 5.41) is 15.5. The first-order chi connectivity index (χ1) is 13.9. The summed E-state index contributed by atoms with van der Waals surface area (Å²) >= 11 is 12.2. The topological polar surface area (TPSA) is 99.4 Å². The molecule has 2 aromatic carbocycles. The van der Waals surface area contributed by atoms with Crippen molar-refractivity contribution in [3.05, 3.63) is 69.0 Å². The second-order valence-corrected chi connectivity index (χ2v) is 6.60. The SMILES string of the molecule is C=CCOc1cc2nc(Cl)nc(NCc3ccc(OC)c(Cl)c3)c2cc1[N+](=O)[O-]. The first kappa shape index (κ1) is 20.6. The highest BCUT2D eigenvalue weighted by Crippen LogP contribution is 2.35. The van der Waals surface area contributed by atoms with Crippen molar-refractivity contribution in [2.45, 2.75) is 6.54 Å². The van der Waals surface area contributed by atoms with E-state index in [9.17, 15) is 10.1 Å². The number of methoxy groups -OCH3 is 1. The van der Waals surface area contributed by atoms with E-state index < -0.39 is 4.92 Å². The van der Waals surface area contributed by atoms with Crippen LogP contribution < -0.4 is 14.8 Å². The Labute approximate surface area is 176 Å². The Morgan fingerprint density at radius 3 is 2.69 bits per heavy atom. The Balaban J connectivity index is 1.98. The van der Waals surface area contributed by atoms with Gasteiger partial charge in [0.1, 0.15) is 18.2 Å². The van der Waals surface area contributed by atoms with Gasteiger partial charge < -0.3 is 14.8 Å². The minimum absolute atomic E-state index is 0.00344. The molecule has 0 saturated heterocycles. The first-order valence-electron chi connectivity index (χ1n) is 8.38. The quantitative estimate of drug-likeness (QED) is 0.229. The zero-order valence-corrected chi connectivity index (χ0v) is 16.8. The highest BCUT2D eigenvalue weighted by Gasteiger charge is 2.20. The largest absolute Gasteiger partial charge is 0.495 e. The third-order valence-corrected chi connectivity index (χ3v) is 4.44. The maximum absolute atomic E-state index is 11.5. The number of ether oxygens (including phenoxy) is 2.